The van der Waals surface area contributed by atoms with Crippen LogP contribution in [0.4, 0.5) is 0 Å². The van der Waals surface area contributed by atoms with E-state index in [0.717, 1.165) is 12.0 Å². The molecule has 0 aliphatic rings. The number of hydrogen-bond acceptors (Lipinski definition) is 2. The zero-order valence-electron chi connectivity index (χ0n) is 9.60. The summed E-state index contributed by atoms with van der Waals surface area (Å²) in [6, 6.07) is 10.0. The van der Waals surface area contributed by atoms with E-state index in [9.17, 15) is 10.2 Å². The van der Waals surface area contributed by atoms with E-state index in [1.54, 1.807) is 0 Å². The molecule has 2 heteroatoms. The first kappa shape index (κ1) is 12.9. The fourth-order valence-electron chi connectivity index (χ4n) is 2.23. The first-order valence-electron chi connectivity index (χ1n) is 5.67. The number of aliphatic hydroxyl groups is 2. The van der Waals surface area contributed by atoms with Crippen LogP contribution >= 0.6 is 0 Å². The third-order valence-corrected chi connectivity index (χ3v) is 3.10. The van der Waals surface area contributed by atoms with E-state index >= 15 is 0 Å². The topological polar surface area (TPSA) is 40.5 Å². The number of allylic oxidation sites excluding steroid dienone is 1. The fourth-order valence-corrected chi connectivity index (χ4v) is 2.23. The highest BCUT2D eigenvalue weighted by molar-refractivity contribution is 5.26. The van der Waals surface area contributed by atoms with Gasteiger partial charge in [-0.05, 0) is 24.8 Å². The average Bonchev–Trinajstić information content (AvgIpc) is 2.31. The molecule has 1 aromatic rings. The van der Waals surface area contributed by atoms with E-state index in [-0.39, 0.29) is 18.6 Å². The quantitative estimate of drug-likeness (QED) is 0.692. The summed E-state index contributed by atoms with van der Waals surface area (Å²) in [5, 5.41) is 18.4. The summed E-state index contributed by atoms with van der Waals surface area (Å²) in [6.07, 6.45) is 3.95. The number of aliphatic hydroxyl groups excluding tert-OH is 2. The van der Waals surface area contributed by atoms with Crippen LogP contribution in [0.15, 0.2) is 43.0 Å². The molecule has 0 radical (unpaired) electrons. The van der Waals surface area contributed by atoms with Crippen LogP contribution in [0.5, 0.6) is 0 Å². The molecule has 0 saturated carbocycles. The summed E-state index contributed by atoms with van der Waals surface area (Å²) in [5.41, 5.74) is 0.991. The second kappa shape index (κ2) is 6.46. The van der Waals surface area contributed by atoms with Gasteiger partial charge in [0, 0.05) is 18.6 Å². The molecule has 2 N–H and O–H groups in total. The third-order valence-electron chi connectivity index (χ3n) is 3.10. The van der Waals surface area contributed by atoms with Gasteiger partial charge in [0.15, 0.2) is 0 Å². The van der Waals surface area contributed by atoms with Gasteiger partial charge in [0.25, 0.3) is 0 Å². The molecule has 1 rings (SSSR count). The number of hydrogen-bond donors (Lipinski definition) is 2. The van der Waals surface area contributed by atoms with Crippen LogP contribution < -0.4 is 0 Å². The molecule has 0 unspecified atom stereocenters. The first-order valence-corrected chi connectivity index (χ1v) is 5.67. The van der Waals surface area contributed by atoms with Crippen LogP contribution in [0.25, 0.3) is 0 Å². The van der Waals surface area contributed by atoms with Crippen molar-refractivity contribution in [3.05, 3.63) is 48.6 Å². The van der Waals surface area contributed by atoms with Gasteiger partial charge in [0.05, 0.1) is 0 Å². The molecule has 0 spiro atoms. The van der Waals surface area contributed by atoms with Crippen LogP contribution in [0.1, 0.15) is 24.8 Å². The minimum Gasteiger partial charge on any atom is -0.396 e. The Morgan fingerprint density at radius 1 is 1.06 bits per heavy atom. The molecule has 0 aliphatic carbocycles. The van der Waals surface area contributed by atoms with Crippen LogP contribution in [0, 0.1) is 0 Å². The van der Waals surface area contributed by atoms with Crippen molar-refractivity contribution < 1.29 is 10.2 Å². The Bertz CT molecular complexity index is 300. The summed E-state index contributed by atoms with van der Waals surface area (Å²) >= 11 is 0. The number of benzene rings is 1. The van der Waals surface area contributed by atoms with Gasteiger partial charge in [-0.2, -0.15) is 0 Å². The highest BCUT2D eigenvalue weighted by Gasteiger charge is 2.29. The standard InChI is InChI=1S/C14H20O2/c1-2-8-14(9-11-15,10-12-16)13-6-4-3-5-7-13/h2-7,15-16H,1,8-12H2. The molecule has 16 heavy (non-hydrogen) atoms. The Morgan fingerprint density at radius 2 is 1.62 bits per heavy atom. The lowest BCUT2D eigenvalue weighted by Gasteiger charge is -2.32. The smallest absolute Gasteiger partial charge is 0.0439 e. The highest BCUT2D eigenvalue weighted by atomic mass is 16.3. The van der Waals surface area contributed by atoms with Crippen molar-refractivity contribution in [1.29, 1.82) is 0 Å². The van der Waals surface area contributed by atoms with E-state index in [2.05, 4.69) is 18.7 Å². The van der Waals surface area contributed by atoms with Crippen LogP contribution in [-0.4, -0.2) is 23.4 Å². The maximum absolute atomic E-state index is 9.20. The molecular formula is C14H20O2. The average molecular weight is 220 g/mol. The van der Waals surface area contributed by atoms with Gasteiger partial charge in [-0.1, -0.05) is 36.4 Å². The SMILES string of the molecule is C=CCC(CCO)(CCO)c1ccccc1. The van der Waals surface area contributed by atoms with Crippen LogP contribution in [0.2, 0.25) is 0 Å². The summed E-state index contributed by atoms with van der Waals surface area (Å²) in [7, 11) is 0. The van der Waals surface area contributed by atoms with Crippen molar-refractivity contribution in [3.8, 4) is 0 Å². The second-order valence-corrected chi connectivity index (χ2v) is 4.09. The Labute approximate surface area is 97.2 Å². The Kier molecular flexibility index (Phi) is 5.23. The van der Waals surface area contributed by atoms with Crippen molar-refractivity contribution in [2.75, 3.05) is 13.2 Å². The lowest BCUT2D eigenvalue weighted by molar-refractivity contribution is 0.191. The Morgan fingerprint density at radius 3 is 2.06 bits per heavy atom. The predicted octanol–water partition coefficient (Wildman–Crippen LogP) is 2.27. The monoisotopic (exact) mass is 220 g/mol. The molecule has 1 aromatic carbocycles. The molecule has 0 aromatic heterocycles. The van der Waals surface area contributed by atoms with E-state index in [0.29, 0.717) is 12.8 Å². The van der Waals surface area contributed by atoms with Gasteiger partial charge in [0.2, 0.25) is 0 Å². The first-order chi connectivity index (χ1) is 7.79. The molecule has 0 atom stereocenters. The normalized spacial score (nSPS) is 11.4. The summed E-state index contributed by atoms with van der Waals surface area (Å²) in [5.74, 6) is 0. The molecular weight excluding hydrogens is 200 g/mol. The maximum Gasteiger partial charge on any atom is 0.0439 e. The van der Waals surface area contributed by atoms with E-state index in [1.807, 2.05) is 24.3 Å². The summed E-state index contributed by atoms with van der Waals surface area (Å²) in [4.78, 5) is 0. The molecule has 0 amide bonds. The minimum absolute atomic E-state index is 0.128. The van der Waals surface area contributed by atoms with Crippen molar-refractivity contribution in [3.63, 3.8) is 0 Å². The summed E-state index contributed by atoms with van der Waals surface area (Å²) in [6.45, 7) is 4.03. The fraction of sp³-hybridized carbons (Fsp3) is 0.429. The Balaban J connectivity index is 3.04. The van der Waals surface area contributed by atoms with Crippen molar-refractivity contribution in [2.45, 2.75) is 24.7 Å². The molecule has 0 aliphatic heterocycles. The van der Waals surface area contributed by atoms with E-state index in [4.69, 9.17) is 0 Å². The van der Waals surface area contributed by atoms with E-state index in [1.165, 1.54) is 0 Å². The van der Waals surface area contributed by atoms with Crippen LogP contribution in [-0.2, 0) is 5.41 Å². The van der Waals surface area contributed by atoms with Gasteiger partial charge < -0.3 is 10.2 Å². The molecule has 2 nitrogen and oxygen atoms in total. The maximum atomic E-state index is 9.20. The van der Waals surface area contributed by atoms with Crippen molar-refractivity contribution >= 4 is 0 Å². The zero-order valence-corrected chi connectivity index (χ0v) is 9.60. The van der Waals surface area contributed by atoms with E-state index < -0.39 is 0 Å². The molecule has 0 bridgehead atoms. The third kappa shape index (κ3) is 2.94. The van der Waals surface area contributed by atoms with Gasteiger partial charge >= 0.3 is 0 Å². The Hall–Kier alpha value is -1.12. The van der Waals surface area contributed by atoms with Crippen molar-refractivity contribution in [1.82, 2.24) is 0 Å². The largest absolute Gasteiger partial charge is 0.396 e. The highest BCUT2D eigenvalue weighted by Crippen LogP contribution is 2.35. The van der Waals surface area contributed by atoms with Crippen molar-refractivity contribution in [2.24, 2.45) is 0 Å². The minimum atomic E-state index is -0.174. The van der Waals surface area contributed by atoms with Crippen LogP contribution in [0.3, 0.4) is 0 Å². The van der Waals surface area contributed by atoms with Gasteiger partial charge in [-0.25, -0.2) is 0 Å². The molecule has 0 heterocycles. The summed E-state index contributed by atoms with van der Waals surface area (Å²) < 4.78 is 0. The van der Waals surface area contributed by atoms with Gasteiger partial charge in [0.1, 0.15) is 0 Å². The lowest BCUT2D eigenvalue weighted by atomic mass is 9.73. The molecule has 0 saturated heterocycles. The molecule has 0 fully saturated rings. The molecule has 88 valence electrons. The number of rotatable bonds is 7. The van der Waals surface area contributed by atoms with Gasteiger partial charge in [-0.3, -0.25) is 0 Å². The predicted molar refractivity (Wildman–Crippen MR) is 66.3 cm³/mol. The second-order valence-electron chi connectivity index (χ2n) is 4.09. The lowest BCUT2D eigenvalue weighted by Crippen LogP contribution is -2.28. The zero-order chi connectivity index (χ0) is 11.9. The van der Waals surface area contributed by atoms with Gasteiger partial charge in [-0.15, -0.1) is 6.58 Å².